The predicted octanol–water partition coefficient (Wildman–Crippen LogP) is 4.46. The summed E-state index contributed by atoms with van der Waals surface area (Å²) >= 11 is 6.38. The smallest absolute Gasteiger partial charge is 0.406 e. The maximum Gasteiger partial charge on any atom is 0.421 e. The Hall–Kier alpha value is -2.67. The maximum absolute atomic E-state index is 14.8. The molecule has 3 heterocycles. The van der Waals surface area contributed by atoms with Crippen molar-refractivity contribution in [3.8, 4) is 0 Å². The molecule has 1 aromatic carbocycles. The summed E-state index contributed by atoms with van der Waals surface area (Å²) in [5, 5.41) is 0.313. The quantitative estimate of drug-likeness (QED) is 0.599. The molecule has 0 unspecified atom stereocenters. The van der Waals surface area contributed by atoms with Gasteiger partial charge in [-0.3, -0.25) is 9.36 Å². The number of hydrogen-bond acceptors (Lipinski definition) is 4. The highest BCUT2D eigenvalue weighted by molar-refractivity contribution is 6.31. The standard InChI is InChI=1S/C23H23ClFN3O3/c24-16-5-3-6-17(25)19(16)23(10-1-2-11-23)21(29)27-13-8-15(9-14-27)28-20-18(31-22(28)30)7-4-12-26-20/h3-7,12,15H,1-2,8-11,13-14H2. The Balaban J connectivity index is 1.40. The second-order valence-corrected chi connectivity index (χ2v) is 8.88. The van der Waals surface area contributed by atoms with Gasteiger partial charge < -0.3 is 9.32 Å². The van der Waals surface area contributed by atoms with Gasteiger partial charge in [0.05, 0.1) is 5.41 Å². The molecule has 0 atom stereocenters. The fraction of sp³-hybridized carbons (Fsp3) is 0.435. The zero-order chi connectivity index (χ0) is 21.6. The van der Waals surface area contributed by atoms with E-state index in [9.17, 15) is 14.0 Å². The molecule has 0 spiro atoms. The van der Waals surface area contributed by atoms with Crippen LogP contribution in [0.25, 0.3) is 11.2 Å². The number of oxazole rings is 1. The molecule has 1 saturated heterocycles. The van der Waals surface area contributed by atoms with E-state index >= 15 is 0 Å². The summed E-state index contributed by atoms with van der Waals surface area (Å²) in [5.74, 6) is -0.901. The molecule has 5 rings (SSSR count). The number of likely N-dealkylation sites (tertiary alicyclic amines) is 1. The molecule has 6 nitrogen and oxygen atoms in total. The third kappa shape index (κ3) is 3.26. The Morgan fingerprint density at radius 1 is 1.16 bits per heavy atom. The molecule has 2 fully saturated rings. The van der Waals surface area contributed by atoms with Crippen LogP contribution < -0.4 is 5.76 Å². The van der Waals surface area contributed by atoms with Gasteiger partial charge in [0, 0.05) is 35.9 Å². The van der Waals surface area contributed by atoms with E-state index < -0.39 is 17.0 Å². The number of pyridine rings is 1. The number of halogens is 2. The molecule has 2 aromatic heterocycles. The minimum Gasteiger partial charge on any atom is -0.406 e. The van der Waals surface area contributed by atoms with Crippen LogP contribution in [0.5, 0.6) is 0 Å². The van der Waals surface area contributed by atoms with Crippen molar-refractivity contribution in [1.29, 1.82) is 0 Å². The van der Waals surface area contributed by atoms with Crippen LogP contribution in [-0.4, -0.2) is 33.4 Å². The van der Waals surface area contributed by atoms with Gasteiger partial charge in [-0.1, -0.05) is 30.5 Å². The second-order valence-electron chi connectivity index (χ2n) is 8.47. The number of piperidine rings is 1. The summed E-state index contributed by atoms with van der Waals surface area (Å²) in [4.78, 5) is 32.2. The van der Waals surface area contributed by atoms with Gasteiger partial charge in [0.2, 0.25) is 5.91 Å². The topological polar surface area (TPSA) is 68.3 Å². The molecule has 1 aliphatic heterocycles. The van der Waals surface area contributed by atoms with Gasteiger partial charge in [-0.2, -0.15) is 0 Å². The van der Waals surface area contributed by atoms with Crippen molar-refractivity contribution in [2.45, 2.75) is 50.0 Å². The van der Waals surface area contributed by atoms with Crippen molar-refractivity contribution in [2.24, 2.45) is 0 Å². The fourth-order valence-electron chi connectivity index (χ4n) is 5.33. The van der Waals surface area contributed by atoms with Gasteiger partial charge in [0.25, 0.3) is 0 Å². The highest BCUT2D eigenvalue weighted by atomic mass is 35.5. The Labute approximate surface area is 183 Å². The Kier molecular flexibility index (Phi) is 5.08. The number of fused-ring (bicyclic) bond motifs is 1. The number of carbonyl (C=O) groups is 1. The third-order valence-electron chi connectivity index (χ3n) is 6.80. The Morgan fingerprint density at radius 3 is 2.61 bits per heavy atom. The first-order valence-electron chi connectivity index (χ1n) is 10.7. The maximum atomic E-state index is 14.8. The summed E-state index contributed by atoms with van der Waals surface area (Å²) in [6.45, 7) is 0.979. The first-order valence-corrected chi connectivity index (χ1v) is 11.1. The van der Waals surface area contributed by atoms with Crippen molar-refractivity contribution in [2.75, 3.05) is 13.1 Å². The molecule has 0 bridgehead atoms. The molecule has 1 aliphatic carbocycles. The third-order valence-corrected chi connectivity index (χ3v) is 7.11. The van der Waals surface area contributed by atoms with Crippen LogP contribution in [0.1, 0.15) is 50.1 Å². The first kappa shape index (κ1) is 20.2. The minimum absolute atomic E-state index is 0.0574. The lowest BCUT2D eigenvalue weighted by atomic mass is 9.76. The van der Waals surface area contributed by atoms with Crippen molar-refractivity contribution in [1.82, 2.24) is 14.5 Å². The summed E-state index contributed by atoms with van der Waals surface area (Å²) in [7, 11) is 0. The van der Waals surface area contributed by atoms with Gasteiger partial charge in [0.15, 0.2) is 11.2 Å². The fourth-order valence-corrected chi connectivity index (χ4v) is 5.67. The Bertz CT molecular complexity index is 1170. The molecule has 0 radical (unpaired) electrons. The normalized spacial score (nSPS) is 19.2. The first-order chi connectivity index (χ1) is 15.0. The van der Waals surface area contributed by atoms with E-state index in [4.69, 9.17) is 16.0 Å². The van der Waals surface area contributed by atoms with E-state index in [-0.39, 0.29) is 11.9 Å². The Morgan fingerprint density at radius 2 is 1.90 bits per heavy atom. The molecule has 162 valence electrons. The van der Waals surface area contributed by atoms with Gasteiger partial charge in [-0.15, -0.1) is 0 Å². The van der Waals surface area contributed by atoms with Gasteiger partial charge in [0.1, 0.15) is 5.82 Å². The lowest BCUT2D eigenvalue weighted by Crippen LogP contribution is -2.49. The van der Waals surface area contributed by atoms with E-state index in [2.05, 4.69) is 4.98 Å². The van der Waals surface area contributed by atoms with E-state index in [1.165, 1.54) is 6.07 Å². The minimum atomic E-state index is -0.907. The molecule has 8 heteroatoms. The van der Waals surface area contributed by atoms with Gasteiger partial charge >= 0.3 is 5.76 Å². The van der Waals surface area contributed by atoms with Crippen LogP contribution in [-0.2, 0) is 10.2 Å². The van der Waals surface area contributed by atoms with Gasteiger partial charge in [-0.25, -0.2) is 14.2 Å². The average molecular weight is 444 g/mol. The predicted molar refractivity (Wildman–Crippen MR) is 115 cm³/mol. The van der Waals surface area contributed by atoms with Gasteiger partial charge in [-0.05, 0) is 49.9 Å². The van der Waals surface area contributed by atoms with E-state index in [0.717, 1.165) is 12.8 Å². The lowest BCUT2D eigenvalue weighted by molar-refractivity contribution is -0.138. The van der Waals surface area contributed by atoms with Crippen molar-refractivity contribution in [3.63, 3.8) is 0 Å². The summed E-state index contributed by atoms with van der Waals surface area (Å²) in [6.07, 6.45) is 5.79. The second kappa shape index (κ2) is 7.79. The number of aromatic nitrogens is 2. The van der Waals surface area contributed by atoms with Crippen LogP contribution in [0.15, 0.2) is 45.7 Å². The van der Waals surface area contributed by atoms with Crippen molar-refractivity contribution >= 4 is 28.7 Å². The lowest BCUT2D eigenvalue weighted by Gasteiger charge is -2.39. The number of benzene rings is 1. The molecular weight excluding hydrogens is 421 g/mol. The number of amides is 1. The van der Waals surface area contributed by atoms with Crippen LogP contribution in [0, 0.1) is 5.82 Å². The number of nitrogens with zero attached hydrogens (tertiary/aromatic N) is 3. The summed E-state index contributed by atoms with van der Waals surface area (Å²) in [6, 6.07) is 7.96. The molecule has 1 saturated carbocycles. The molecule has 31 heavy (non-hydrogen) atoms. The van der Waals surface area contributed by atoms with E-state index in [1.807, 2.05) is 4.90 Å². The highest BCUT2D eigenvalue weighted by Crippen LogP contribution is 2.46. The number of carbonyl (C=O) groups excluding carboxylic acids is 1. The molecule has 0 N–H and O–H groups in total. The highest BCUT2D eigenvalue weighted by Gasteiger charge is 2.48. The zero-order valence-corrected chi connectivity index (χ0v) is 17.8. The summed E-state index contributed by atoms with van der Waals surface area (Å²) in [5.41, 5.74) is 0.422. The summed E-state index contributed by atoms with van der Waals surface area (Å²) < 4.78 is 21.7. The van der Waals surface area contributed by atoms with E-state index in [0.29, 0.717) is 60.6 Å². The monoisotopic (exact) mass is 443 g/mol. The average Bonchev–Trinajstić information content (AvgIpc) is 3.38. The number of hydrogen-bond donors (Lipinski definition) is 0. The van der Waals surface area contributed by atoms with Crippen LogP contribution in [0.2, 0.25) is 5.02 Å². The SMILES string of the molecule is O=C(N1CCC(n2c(=O)oc3cccnc32)CC1)C1(c2c(F)cccc2Cl)CCCC1. The molecule has 1 amide bonds. The van der Waals surface area contributed by atoms with Crippen LogP contribution in [0.3, 0.4) is 0 Å². The largest absolute Gasteiger partial charge is 0.421 e. The zero-order valence-electron chi connectivity index (χ0n) is 17.0. The molecular formula is C23H23ClFN3O3. The number of rotatable bonds is 3. The van der Waals surface area contributed by atoms with Crippen molar-refractivity contribution in [3.05, 3.63) is 63.5 Å². The van der Waals surface area contributed by atoms with E-state index in [1.54, 1.807) is 35.0 Å². The van der Waals surface area contributed by atoms with Crippen molar-refractivity contribution < 1.29 is 13.6 Å². The molecule has 3 aromatic rings. The molecule has 2 aliphatic rings. The van der Waals surface area contributed by atoms with Crippen LogP contribution >= 0.6 is 11.6 Å². The van der Waals surface area contributed by atoms with Crippen LogP contribution in [0.4, 0.5) is 4.39 Å².